The Morgan fingerprint density at radius 1 is 1.24 bits per heavy atom. The number of hydrogen-bond acceptors (Lipinski definition) is 4. The highest BCUT2D eigenvalue weighted by Crippen LogP contribution is 2.45. The minimum Gasteiger partial charge on any atom is -0.411 e. The zero-order chi connectivity index (χ0) is 11.8. The van der Waals surface area contributed by atoms with E-state index in [-0.39, 0.29) is 0 Å². The molecule has 0 aromatic heterocycles. The number of fused-ring (bicyclic) bond motifs is 2. The average Bonchev–Trinajstić information content (AvgIpc) is 2.98. The topological polar surface area (TPSA) is 39.1 Å². The quantitative estimate of drug-likeness (QED) is 0.580. The molecule has 4 heteroatoms. The second-order valence-electron chi connectivity index (χ2n) is 5.71. The van der Waals surface area contributed by atoms with Gasteiger partial charge >= 0.3 is 0 Å². The molecule has 1 aliphatic heterocycles. The Morgan fingerprint density at radius 2 is 2.00 bits per heavy atom. The highest BCUT2D eigenvalue weighted by atomic mass is 16.4. The van der Waals surface area contributed by atoms with Gasteiger partial charge in [-0.1, -0.05) is 12.1 Å². The van der Waals surface area contributed by atoms with Crippen LogP contribution in [0.3, 0.4) is 0 Å². The van der Waals surface area contributed by atoms with Gasteiger partial charge in [0.05, 0.1) is 11.8 Å². The molecule has 3 atom stereocenters. The van der Waals surface area contributed by atoms with Crippen LogP contribution in [-0.2, 0) is 0 Å². The van der Waals surface area contributed by atoms with Gasteiger partial charge in [-0.3, -0.25) is 4.90 Å². The molecule has 1 N–H and O–H groups in total. The lowest BCUT2D eigenvalue weighted by Gasteiger charge is -2.40. The Labute approximate surface area is 103 Å². The molecule has 17 heavy (non-hydrogen) atoms. The van der Waals surface area contributed by atoms with Crippen molar-refractivity contribution in [2.45, 2.75) is 32.2 Å². The first-order valence-electron chi connectivity index (χ1n) is 7.01. The van der Waals surface area contributed by atoms with Crippen LogP contribution in [0.1, 0.15) is 26.2 Å². The Kier molecular flexibility index (Phi) is 3.09. The fourth-order valence-electron chi connectivity index (χ4n) is 4.04. The van der Waals surface area contributed by atoms with E-state index in [1.807, 2.05) is 0 Å². The lowest BCUT2D eigenvalue weighted by Crippen LogP contribution is -2.54. The van der Waals surface area contributed by atoms with Crippen molar-refractivity contribution in [3.05, 3.63) is 0 Å². The molecule has 0 radical (unpaired) electrons. The first-order valence-corrected chi connectivity index (χ1v) is 7.01. The third kappa shape index (κ3) is 1.87. The van der Waals surface area contributed by atoms with Gasteiger partial charge in [0.1, 0.15) is 0 Å². The summed E-state index contributed by atoms with van der Waals surface area (Å²) in [6.45, 7) is 8.01. The van der Waals surface area contributed by atoms with E-state index in [1.54, 1.807) is 0 Å². The molecule has 3 aliphatic rings. The normalized spacial score (nSPS) is 41.5. The van der Waals surface area contributed by atoms with Crippen molar-refractivity contribution in [2.24, 2.45) is 17.0 Å². The lowest BCUT2D eigenvalue weighted by atomic mass is 9.91. The van der Waals surface area contributed by atoms with E-state index in [1.165, 1.54) is 32.4 Å². The van der Waals surface area contributed by atoms with Crippen molar-refractivity contribution in [1.82, 2.24) is 9.80 Å². The molecule has 4 nitrogen and oxygen atoms in total. The van der Waals surface area contributed by atoms with E-state index >= 15 is 0 Å². The molecule has 0 amide bonds. The number of hydrogen-bond donors (Lipinski definition) is 1. The molecule has 0 aromatic carbocycles. The summed E-state index contributed by atoms with van der Waals surface area (Å²) in [6, 6.07) is 0.456. The molecule has 0 spiro atoms. The first-order chi connectivity index (χ1) is 8.33. The summed E-state index contributed by atoms with van der Waals surface area (Å²) in [7, 11) is 0. The van der Waals surface area contributed by atoms with Gasteiger partial charge in [0, 0.05) is 32.1 Å². The van der Waals surface area contributed by atoms with E-state index in [4.69, 9.17) is 0 Å². The van der Waals surface area contributed by atoms with Gasteiger partial charge < -0.3 is 10.1 Å². The number of rotatable bonds is 2. The molecule has 96 valence electrons. The molecule has 2 bridgehead atoms. The maximum Gasteiger partial charge on any atom is 0.0775 e. The molecule has 0 aromatic rings. The zero-order valence-corrected chi connectivity index (χ0v) is 10.7. The molecule has 2 saturated carbocycles. The predicted molar refractivity (Wildman–Crippen MR) is 67.5 cm³/mol. The Morgan fingerprint density at radius 3 is 2.65 bits per heavy atom. The van der Waals surface area contributed by atoms with Crippen LogP contribution >= 0.6 is 0 Å². The van der Waals surface area contributed by atoms with E-state index < -0.39 is 0 Å². The van der Waals surface area contributed by atoms with Gasteiger partial charge in [0.25, 0.3) is 0 Å². The van der Waals surface area contributed by atoms with Gasteiger partial charge in [-0.2, -0.15) is 0 Å². The highest BCUT2D eigenvalue weighted by Gasteiger charge is 2.48. The Balaban J connectivity index is 1.68. The third-order valence-corrected chi connectivity index (χ3v) is 5.00. The summed E-state index contributed by atoms with van der Waals surface area (Å²) in [5, 5.41) is 12.9. The maximum atomic E-state index is 9.24. The minimum absolute atomic E-state index is 0.456. The van der Waals surface area contributed by atoms with Gasteiger partial charge in [0.2, 0.25) is 0 Å². The monoisotopic (exact) mass is 237 g/mol. The van der Waals surface area contributed by atoms with Crippen LogP contribution in [0.5, 0.6) is 0 Å². The Bertz CT molecular complexity index is 310. The average molecular weight is 237 g/mol. The molecule has 1 saturated heterocycles. The molecule has 3 rings (SSSR count). The van der Waals surface area contributed by atoms with Crippen LogP contribution in [0.15, 0.2) is 5.16 Å². The summed E-state index contributed by atoms with van der Waals surface area (Å²) in [4.78, 5) is 5.06. The highest BCUT2D eigenvalue weighted by molar-refractivity contribution is 5.94. The van der Waals surface area contributed by atoms with Gasteiger partial charge in [0.15, 0.2) is 0 Å². The summed E-state index contributed by atoms with van der Waals surface area (Å²) in [5.74, 6) is 1.35. The van der Waals surface area contributed by atoms with Gasteiger partial charge in [-0.15, -0.1) is 0 Å². The van der Waals surface area contributed by atoms with Crippen LogP contribution in [0.2, 0.25) is 0 Å². The fourth-order valence-corrected chi connectivity index (χ4v) is 4.04. The number of nitrogens with zero attached hydrogens (tertiary/aromatic N) is 3. The van der Waals surface area contributed by atoms with Gasteiger partial charge in [-0.25, -0.2) is 0 Å². The molecule has 3 fully saturated rings. The fraction of sp³-hybridized carbons (Fsp3) is 0.923. The summed E-state index contributed by atoms with van der Waals surface area (Å²) in [6.07, 6.45) is 3.84. The van der Waals surface area contributed by atoms with Crippen molar-refractivity contribution in [3.63, 3.8) is 0 Å². The van der Waals surface area contributed by atoms with E-state index in [2.05, 4.69) is 21.9 Å². The SMILES string of the molecule is CCN1CCN([C@@H]2/C(=N\O)[C@H]3CC[C@H]2C3)CC1. The van der Waals surface area contributed by atoms with Crippen LogP contribution in [0.25, 0.3) is 0 Å². The molecule has 2 aliphatic carbocycles. The Hall–Kier alpha value is -0.610. The third-order valence-electron chi connectivity index (χ3n) is 5.00. The second kappa shape index (κ2) is 4.58. The summed E-state index contributed by atoms with van der Waals surface area (Å²) < 4.78 is 0. The molecular formula is C13H23N3O. The van der Waals surface area contributed by atoms with Gasteiger partial charge in [-0.05, 0) is 31.7 Å². The van der Waals surface area contributed by atoms with Crippen molar-refractivity contribution < 1.29 is 5.21 Å². The van der Waals surface area contributed by atoms with E-state index in [0.29, 0.717) is 12.0 Å². The largest absolute Gasteiger partial charge is 0.411 e. The van der Waals surface area contributed by atoms with Crippen molar-refractivity contribution >= 4 is 5.71 Å². The number of piperazine rings is 1. The minimum atomic E-state index is 0.456. The molecule has 0 unspecified atom stereocenters. The maximum absolute atomic E-state index is 9.24. The summed E-state index contributed by atoms with van der Waals surface area (Å²) >= 11 is 0. The predicted octanol–water partition coefficient (Wildman–Crippen LogP) is 1.25. The molecular weight excluding hydrogens is 214 g/mol. The van der Waals surface area contributed by atoms with Crippen LogP contribution in [-0.4, -0.2) is 59.5 Å². The number of likely N-dealkylation sites (N-methyl/N-ethyl adjacent to an activating group) is 1. The van der Waals surface area contributed by atoms with Crippen molar-refractivity contribution in [3.8, 4) is 0 Å². The van der Waals surface area contributed by atoms with Crippen LogP contribution < -0.4 is 0 Å². The standard InChI is InChI=1S/C13H23N3O/c1-2-15-5-7-16(8-6-15)13-11-4-3-10(9-11)12(13)14-17/h10-11,13,17H,2-9H2,1H3/b14-12-/t10-,11-,13-/m0/s1. The number of oxime groups is 1. The first kappa shape index (κ1) is 11.5. The lowest BCUT2D eigenvalue weighted by molar-refractivity contribution is 0.102. The van der Waals surface area contributed by atoms with E-state index in [0.717, 1.165) is 31.3 Å². The van der Waals surface area contributed by atoms with Crippen molar-refractivity contribution in [2.75, 3.05) is 32.7 Å². The van der Waals surface area contributed by atoms with E-state index in [9.17, 15) is 5.21 Å². The van der Waals surface area contributed by atoms with Crippen LogP contribution in [0.4, 0.5) is 0 Å². The van der Waals surface area contributed by atoms with Crippen LogP contribution in [0, 0.1) is 11.8 Å². The second-order valence-corrected chi connectivity index (χ2v) is 5.71. The summed E-state index contributed by atoms with van der Waals surface area (Å²) in [5.41, 5.74) is 1.09. The molecule has 1 heterocycles. The zero-order valence-electron chi connectivity index (χ0n) is 10.7. The van der Waals surface area contributed by atoms with Crippen molar-refractivity contribution in [1.29, 1.82) is 0 Å². The smallest absolute Gasteiger partial charge is 0.0775 e.